The fourth-order valence-electron chi connectivity index (χ4n) is 2.72. The van der Waals surface area contributed by atoms with Gasteiger partial charge in [0, 0.05) is 0 Å². The molecule has 1 amide bonds. The van der Waals surface area contributed by atoms with Gasteiger partial charge >= 0.3 is 0 Å². The first-order chi connectivity index (χ1) is 11.2. The van der Waals surface area contributed by atoms with Crippen molar-refractivity contribution < 1.29 is 9.53 Å². The second kappa shape index (κ2) is 13.0. The number of para-hydroxylation sites is 1. The maximum atomic E-state index is 11.4. The number of benzene rings is 1. The summed E-state index contributed by atoms with van der Waals surface area (Å²) >= 11 is 0. The topological polar surface area (TPSA) is 50.1 Å². The lowest BCUT2D eigenvalue weighted by Crippen LogP contribution is -2.28. The Balaban J connectivity index is 2.06. The van der Waals surface area contributed by atoms with Crippen molar-refractivity contribution in [2.24, 2.45) is 0 Å². The van der Waals surface area contributed by atoms with Crippen LogP contribution in [0.15, 0.2) is 30.3 Å². The summed E-state index contributed by atoms with van der Waals surface area (Å²) in [6, 6.07) is 9.32. The SMILES string of the molecule is CCCCCCCCCCCCC(Oc1ccccc1)C([NH])=O. The van der Waals surface area contributed by atoms with Gasteiger partial charge in [-0.1, -0.05) is 82.9 Å². The number of carbonyl (C=O) groups is 1. The second-order valence-corrected chi connectivity index (χ2v) is 6.25. The first kappa shape index (κ1) is 19.5. The Morgan fingerprint density at radius 1 is 0.913 bits per heavy atom. The van der Waals surface area contributed by atoms with Crippen LogP contribution in [0.2, 0.25) is 0 Å². The lowest BCUT2D eigenvalue weighted by atomic mass is 10.0. The molecule has 0 heterocycles. The molecule has 0 saturated heterocycles. The van der Waals surface area contributed by atoms with Crippen LogP contribution in [-0.4, -0.2) is 12.0 Å². The Labute approximate surface area is 141 Å². The number of ether oxygens (including phenoxy) is 1. The van der Waals surface area contributed by atoms with Gasteiger partial charge in [0.2, 0.25) is 0 Å². The summed E-state index contributed by atoms with van der Waals surface area (Å²) in [6.45, 7) is 2.25. The second-order valence-electron chi connectivity index (χ2n) is 6.25. The van der Waals surface area contributed by atoms with E-state index < -0.39 is 12.0 Å². The standard InChI is InChI=1S/C20H32NO2/c1-2-3-4-5-6-7-8-9-10-14-17-19(20(21)22)23-18-15-12-11-13-16-18/h11-13,15-16,19,21H,2-10,14,17H2,1H3. The molecule has 1 N–H and O–H groups in total. The highest BCUT2D eigenvalue weighted by Crippen LogP contribution is 2.16. The molecule has 1 unspecified atom stereocenters. The molecule has 0 aliphatic carbocycles. The van der Waals surface area contributed by atoms with Crippen molar-refractivity contribution in [1.82, 2.24) is 5.73 Å². The Hall–Kier alpha value is -1.51. The largest absolute Gasteiger partial charge is 0.481 e. The van der Waals surface area contributed by atoms with Crippen LogP contribution < -0.4 is 10.5 Å². The van der Waals surface area contributed by atoms with Crippen molar-refractivity contribution in [2.75, 3.05) is 0 Å². The maximum Gasteiger partial charge on any atom is 0.279 e. The van der Waals surface area contributed by atoms with E-state index in [4.69, 9.17) is 10.5 Å². The summed E-state index contributed by atoms with van der Waals surface area (Å²) in [4.78, 5) is 11.4. The minimum absolute atomic E-state index is 0.619. The van der Waals surface area contributed by atoms with Gasteiger partial charge in [-0.25, -0.2) is 0 Å². The van der Waals surface area contributed by atoms with Gasteiger partial charge in [-0.05, 0) is 25.0 Å². The smallest absolute Gasteiger partial charge is 0.279 e. The molecule has 0 spiro atoms. The van der Waals surface area contributed by atoms with Crippen molar-refractivity contribution in [3.8, 4) is 5.75 Å². The fourth-order valence-corrected chi connectivity index (χ4v) is 2.72. The predicted octanol–water partition coefficient (Wildman–Crippen LogP) is 5.55. The van der Waals surface area contributed by atoms with Crippen molar-refractivity contribution in [3.63, 3.8) is 0 Å². The molecule has 23 heavy (non-hydrogen) atoms. The lowest BCUT2D eigenvalue weighted by molar-refractivity contribution is -0.125. The van der Waals surface area contributed by atoms with E-state index in [1.807, 2.05) is 30.3 Å². The van der Waals surface area contributed by atoms with Crippen LogP contribution in [0.25, 0.3) is 0 Å². The molecule has 129 valence electrons. The number of unbranched alkanes of at least 4 members (excludes halogenated alkanes) is 9. The Kier molecular flexibility index (Phi) is 11.0. The van der Waals surface area contributed by atoms with Gasteiger partial charge in [0.05, 0.1) is 0 Å². The molecule has 0 aromatic heterocycles. The number of amides is 1. The summed E-state index contributed by atoms with van der Waals surface area (Å²) in [5.74, 6) is 0.0509. The first-order valence-electron chi connectivity index (χ1n) is 9.21. The van der Waals surface area contributed by atoms with E-state index in [2.05, 4.69) is 6.92 Å². The molecule has 1 rings (SSSR count). The highest BCUT2D eigenvalue weighted by molar-refractivity contribution is 5.78. The van der Waals surface area contributed by atoms with E-state index in [0.717, 1.165) is 12.8 Å². The predicted molar refractivity (Wildman–Crippen MR) is 95.4 cm³/mol. The maximum absolute atomic E-state index is 11.4. The third-order valence-electron chi connectivity index (χ3n) is 4.13. The van der Waals surface area contributed by atoms with E-state index >= 15 is 0 Å². The first-order valence-corrected chi connectivity index (χ1v) is 9.21. The van der Waals surface area contributed by atoms with Crippen molar-refractivity contribution in [3.05, 3.63) is 30.3 Å². The lowest BCUT2D eigenvalue weighted by Gasteiger charge is -2.15. The molecule has 1 radical (unpaired) electrons. The number of carbonyl (C=O) groups excluding carboxylic acids is 1. The molecular weight excluding hydrogens is 286 g/mol. The highest BCUT2D eigenvalue weighted by atomic mass is 16.5. The number of rotatable bonds is 14. The zero-order valence-corrected chi connectivity index (χ0v) is 14.6. The summed E-state index contributed by atoms with van der Waals surface area (Å²) < 4.78 is 5.62. The van der Waals surface area contributed by atoms with Crippen LogP contribution in [0.3, 0.4) is 0 Å². The van der Waals surface area contributed by atoms with E-state index in [1.54, 1.807) is 0 Å². The van der Waals surface area contributed by atoms with E-state index in [1.165, 1.54) is 51.4 Å². The van der Waals surface area contributed by atoms with E-state index in [-0.39, 0.29) is 0 Å². The monoisotopic (exact) mass is 318 g/mol. The van der Waals surface area contributed by atoms with Crippen molar-refractivity contribution >= 4 is 5.91 Å². The zero-order chi connectivity index (χ0) is 16.8. The van der Waals surface area contributed by atoms with Crippen LogP contribution in [0.5, 0.6) is 5.75 Å². The molecule has 1 atom stereocenters. The van der Waals surface area contributed by atoms with Crippen LogP contribution in [0, 0.1) is 0 Å². The number of nitrogens with one attached hydrogen (secondary N) is 1. The van der Waals surface area contributed by atoms with Gasteiger partial charge in [-0.15, -0.1) is 0 Å². The Morgan fingerprint density at radius 3 is 1.96 bits per heavy atom. The Morgan fingerprint density at radius 2 is 1.43 bits per heavy atom. The van der Waals surface area contributed by atoms with Crippen LogP contribution in [0.4, 0.5) is 0 Å². The molecule has 0 aliphatic heterocycles. The molecule has 0 fully saturated rings. The van der Waals surface area contributed by atoms with Crippen LogP contribution in [0.1, 0.15) is 77.6 Å². The van der Waals surface area contributed by atoms with Gasteiger partial charge < -0.3 is 4.74 Å². The minimum Gasteiger partial charge on any atom is -0.481 e. The summed E-state index contributed by atoms with van der Waals surface area (Å²) in [6.07, 6.45) is 12.7. The van der Waals surface area contributed by atoms with Gasteiger partial charge in [-0.3, -0.25) is 10.5 Å². The molecule has 0 bridgehead atoms. The molecule has 1 aromatic carbocycles. The quantitative estimate of drug-likeness (QED) is 0.422. The molecular formula is C20H32NO2. The minimum atomic E-state index is -0.621. The van der Waals surface area contributed by atoms with E-state index in [9.17, 15) is 4.79 Å². The van der Waals surface area contributed by atoms with Gasteiger partial charge in [0.25, 0.3) is 5.91 Å². The fraction of sp³-hybridized carbons (Fsp3) is 0.650. The van der Waals surface area contributed by atoms with Crippen LogP contribution >= 0.6 is 0 Å². The van der Waals surface area contributed by atoms with Gasteiger partial charge in [0.1, 0.15) is 5.75 Å². The number of hydrogen-bond donors (Lipinski definition) is 0. The van der Waals surface area contributed by atoms with Gasteiger partial charge in [-0.2, -0.15) is 0 Å². The average molecular weight is 318 g/mol. The molecule has 1 aromatic rings. The Bertz CT molecular complexity index is 405. The number of hydrogen-bond acceptors (Lipinski definition) is 2. The van der Waals surface area contributed by atoms with E-state index in [0.29, 0.717) is 12.2 Å². The third kappa shape index (κ3) is 9.98. The molecule has 0 saturated carbocycles. The molecule has 3 nitrogen and oxygen atoms in total. The van der Waals surface area contributed by atoms with Gasteiger partial charge in [0.15, 0.2) is 6.10 Å². The third-order valence-corrected chi connectivity index (χ3v) is 4.13. The summed E-state index contributed by atoms with van der Waals surface area (Å²) in [7, 11) is 0. The average Bonchev–Trinajstić information content (AvgIpc) is 2.56. The molecule has 0 aliphatic rings. The summed E-state index contributed by atoms with van der Waals surface area (Å²) in [5, 5.41) is 0. The molecule has 3 heteroatoms. The van der Waals surface area contributed by atoms with Crippen LogP contribution in [-0.2, 0) is 4.79 Å². The van der Waals surface area contributed by atoms with Crippen molar-refractivity contribution in [2.45, 2.75) is 83.7 Å². The normalized spacial score (nSPS) is 12.0. The zero-order valence-electron chi connectivity index (χ0n) is 14.6. The highest BCUT2D eigenvalue weighted by Gasteiger charge is 2.17. The summed E-state index contributed by atoms with van der Waals surface area (Å²) in [5.41, 5.74) is 7.35. The van der Waals surface area contributed by atoms with Crippen molar-refractivity contribution in [1.29, 1.82) is 0 Å².